The molecule has 2 atom stereocenters. The Morgan fingerprint density at radius 1 is 1.41 bits per heavy atom. The third-order valence-corrected chi connectivity index (χ3v) is 3.60. The van der Waals surface area contributed by atoms with Crippen molar-refractivity contribution in [2.45, 2.75) is 45.1 Å². The van der Waals surface area contributed by atoms with Crippen LogP contribution in [0.5, 0.6) is 0 Å². The van der Waals surface area contributed by atoms with E-state index < -0.39 is 0 Å². The summed E-state index contributed by atoms with van der Waals surface area (Å²) in [5.41, 5.74) is 1.07. The van der Waals surface area contributed by atoms with E-state index in [1.807, 2.05) is 6.20 Å². The molecule has 0 aromatic carbocycles. The van der Waals surface area contributed by atoms with Crippen molar-refractivity contribution in [2.24, 2.45) is 5.92 Å². The Kier molecular flexibility index (Phi) is 4.11. The third kappa shape index (κ3) is 3.25. The highest BCUT2D eigenvalue weighted by Gasteiger charge is 2.28. The van der Waals surface area contributed by atoms with Crippen LogP contribution < -0.4 is 5.32 Å². The van der Waals surface area contributed by atoms with Crippen LogP contribution in [-0.2, 0) is 0 Å². The average molecular weight is 236 g/mol. The molecule has 94 valence electrons. The van der Waals surface area contributed by atoms with Crippen LogP contribution in [0, 0.1) is 11.7 Å². The number of hydrogen-bond donors (Lipinski definition) is 1. The van der Waals surface area contributed by atoms with Crippen LogP contribution in [0.1, 0.15) is 44.6 Å². The SMILES string of the molecule is CC(C)NCC1CCCC1c1cncc(F)c1. The van der Waals surface area contributed by atoms with Crippen molar-refractivity contribution >= 4 is 0 Å². The van der Waals surface area contributed by atoms with Crippen LogP contribution in [-0.4, -0.2) is 17.6 Å². The monoisotopic (exact) mass is 236 g/mol. The maximum Gasteiger partial charge on any atom is 0.141 e. The van der Waals surface area contributed by atoms with Crippen LogP contribution >= 0.6 is 0 Å². The topological polar surface area (TPSA) is 24.9 Å². The molecule has 1 fully saturated rings. The number of aromatic nitrogens is 1. The zero-order valence-electron chi connectivity index (χ0n) is 10.6. The van der Waals surface area contributed by atoms with Crippen molar-refractivity contribution in [1.29, 1.82) is 0 Å². The summed E-state index contributed by atoms with van der Waals surface area (Å²) in [6, 6.07) is 2.16. The van der Waals surface area contributed by atoms with Crippen LogP contribution in [0.3, 0.4) is 0 Å². The standard InChI is InChI=1S/C14H21FN2/c1-10(2)17-8-11-4-3-5-14(11)12-6-13(15)9-16-7-12/h6-7,9-11,14,17H,3-5,8H2,1-2H3. The van der Waals surface area contributed by atoms with E-state index in [0.717, 1.165) is 18.5 Å². The number of nitrogens with one attached hydrogen (secondary N) is 1. The molecule has 2 rings (SSSR count). The van der Waals surface area contributed by atoms with Crippen molar-refractivity contribution < 1.29 is 4.39 Å². The van der Waals surface area contributed by atoms with Crippen LogP contribution in [0.15, 0.2) is 18.5 Å². The first-order chi connectivity index (χ1) is 8.16. The summed E-state index contributed by atoms with van der Waals surface area (Å²) in [5, 5.41) is 3.49. The van der Waals surface area contributed by atoms with Gasteiger partial charge in [-0.25, -0.2) is 4.39 Å². The lowest BCUT2D eigenvalue weighted by atomic mass is 9.89. The highest BCUT2D eigenvalue weighted by Crippen LogP contribution is 2.39. The highest BCUT2D eigenvalue weighted by atomic mass is 19.1. The molecule has 1 N–H and O–H groups in total. The Hall–Kier alpha value is -0.960. The number of hydrogen-bond acceptors (Lipinski definition) is 2. The molecular formula is C14H21FN2. The zero-order valence-corrected chi connectivity index (χ0v) is 10.6. The summed E-state index contributed by atoms with van der Waals surface area (Å²) < 4.78 is 13.2. The minimum atomic E-state index is -0.218. The van der Waals surface area contributed by atoms with E-state index in [2.05, 4.69) is 24.1 Å². The van der Waals surface area contributed by atoms with Gasteiger partial charge in [0, 0.05) is 12.2 Å². The zero-order chi connectivity index (χ0) is 12.3. The average Bonchev–Trinajstić information content (AvgIpc) is 2.74. The van der Waals surface area contributed by atoms with Gasteiger partial charge in [-0.15, -0.1) is 0 Å². The van der Waals surface area contributed by atoms with Gasteiger partial charge in [-0.3, -0.25) is 4.98 Å². The van der Waals surface area contributed by atoms with E-state index in [0.29, 0.717) is 17.9 Å². The second-order valence-corrected chi connectivity index (χ2v) is 5.30. The minimum absolute atomic E-state index is 0.218. The molecule has 1 aliphatic rings. The number of pyridine rings is 1. The van der Waals surface area contributed by atoms with Gasteiger partial charge in [0.25, 0.3) is 0 Å². The maximum absolute atomic E-state index is 13.2. The lowest BCUT2D eigenvalue weighted by molar-refractivity contribution is 0.421. The Morgan fingerprint density at radius 3 is 2.94 bits per heavy atom. The predicted octanol–water partition coefficient (Wildman–Crippen LogP) is 3.10. The Labute approximate surface area is 103 Å². The summed E-state index contributed by atoms with van der Waals surface area (Å²) in [7, 11) is 0. The van der Waals surface area contributed by atoms with Gasteiger partial charge >= 0.3 is 0 Å². The van der Waals surface area contributed by atoms with Crippen LogP contribution in [0.4, 0.5) is 4.39 Å². The third-order valence-electron chi connectivity index (χ3n) is 3.60. The summed E-state index contributed by atoms with van der Waals surface area (Å²) in [4.78, 5) is 3.96. The molecule has 1 heterocycles. The predicted molar refractivity (Wildman–Crippen MR) is 67.4 cm³/mol. The molecule has 0 radical (unpaired) electrons. The second-order valence-electron chi connectivity index (χ2n) is 5.30. The van der Waals surface area contributed by atoms with Crippen molar-refractivity contribution in [3.05, 3.63) is 29.8 Å². The summed E-state index contributed by atoms with van der Waals surface area (Å²) >= 11 is 0. The van der Waals surface area contributed by atoms with Crippen LogP contribution in [0.2, 0.25) is 0 Å². The minimum Gasteiger partial charge on any atom is -0.314 e. The van der Waals surface area contributed by atoms with E-state index >= 15 is 0 Å². The number of nitrogens with zero attached hydrogens (tertiary/aromatic N) is 1. The molecule has 3 heteroatoms. The lowest BCUT2D eigenvalue weighted by Crippen LogP contribution is -2.30. The lowest BCUT2D eigenvalue weighted by Gasteiger charge is -2.21. The molecular weight excluding hydrogens is 215 g/mol. The first-order valence-corrected chi connectivity index (χ1v) is 6.50. The molecule has 0 bridgehead atoms. The van der Waals surface area contributed by atoms with E-state index in [1.165, 1.54) is 19.0 Å². The smallest absolute Gasteiger partial charge is 0.141 e. The van der Waals surface area contributed by atoms with Crippen LogP contribution in [0.25, 0.3) is 0 Å². The molecule has 1 saturated carbocycles. The first kappa shape index (κ1) is 12.5. The van der Waals surface area contributed by atoms with E-state index in [-0.39, 0.29) is 5.82 Å². The highest BCUT2D eigenvalue weighted by molar-refractivity contribution is 5.18. The first-order valence-electron chi connectivity index (χ1n) is 6.50. The van der Waals surface area contributed by atoms with Crippen molar-refractivity contribution in [1.82, 2.24) is 10.3 Å². The fraction of sp³-hybridized carbons (Fsp3) is 0.643. The maximum atomic E-state index is 13.2. The van der Waals surface area contributed by atoms with Gasteiger partial charge in [0.1, 0.15) is 5.82 Å². The van der Waals surface area contributed by atoms with Crippen molar-refractivity contribution in [2.75, 3.05) is 6.54 Å². The molecule has 2 nitrogen and oxygen atoms in total. The van der Waals surface area contributed by atoms with Gasteiger partial charge in [0.05, 0.1) is 6.20 Å². The largest absolute Gasteiger partial charge is 0.314 e. The Balaban J connectivity index is 2.04. The summed E-state index contributed by atoms with van der Waals surface area (Å²) in [6.45, 7) is 5.35. The van der Waals surface area contributed by atoms with E-state index in [4.69, 9.17) is 0 Å². The van der Waals surface area contributed by atoms with Crippen molar-refractivity contribution in [3.63, 3.8) is 0 Å². The van der Waals surface area contributed by atoms with E-state index in [1.54, 1.807) is 6.07 Å². The molecule has 0 saturated heterocycles. The van der Waals surface area contributed by atoms with Gasteiger partial charge < -0.3 is 5.32 Å². The quantitative estimate of drug-likeness (QED) is 0.869. The summed E-state index contributed by atoms with van der Waals surface area (Å²) in [5.74, 6) is 0.885. The fourth-order valence-electron chi connectivity index (χ4n) is 2.74. The summed E-state index contributed by atoms with van der Waals surface area (Å²) in [6.07, 6.45) is 6.74. The van der Waals surface area contributed by atoms with Gasteiger partial charge in [-0.05, 0) is 42.9 Å². The molecule has 0 amide bonds. The molecule has 1 aliphatic carbocycles. The Morgan fingerprint density at radius 2 is 2.24 bits per heavy atom. The van der Waals surface area contributed by atoms with Gasteiger partial charge in [-0.1, -0.05) is 20.3 Å². The van der Waals surface area contributed by atoms with Gasteiger partial charge in [-0.2, -0.15) is 0 Å². The number of halogens is 1. The Bertz CT molecular complexity index is 365. The number of rotatable bonds is 4. The van der Waals surface area contributed by atoms with Crippen molar-refractivity contribution in [3.8, 4) is 0 Å². The van der Waals surface area contributed by atoms with Gasteiger partial charge in [0.15, 0.2) is 0 Å². The van der Waals surface area contributed by atoms with E-state index in [9.17, 15) is 4.39 Å². The fourth-order valence-corrected chi connectivity index (χ4v) is 2.74. The second kappa shape index (κ2) is 5.58. The molecule has 17 heavy (non-hydrogen) atoms. The molecule has 0 spiro atoms. The normalized spacial score (nSPS) is 24.5. The molecule has 1 aromatic heterocycles. The molecule has 2 unspecified atom stereocenters. The molecule has 0 aliphatic heterocycles. The van der Waals surface area contributed by atoms with Gasteiger partial charge in [0.2, 0.25) is 0 Å². The molecule has 1 aromatic rings.